The predicted molar refractivity (Wildman–Crippen MR) is 91.1 cm³/mol. The van der Waals surface area contributed by atoms with Crippen molar-refractivity contribution in [1.29, 1.82) is 0 Å². The van der Waals surface area contributed by atoms with Crippen LogP contribution in [0.25, 0.3) is 0 Å². The summed E-state index contributed by atoms with van der Waals surface area (Å²) in [4.78, 5) is 8.16. The second kappa shape index (κ2) is 7.52. The van der Waals surface area contributed by atoms with E-state index >= 15 is 0 Å². The van der Waals surface area contributed by atoms with E-state index in [1.54, 1.807) is 18.5 Å². The van der Waals surface area contributed by atoms with Crippen LogP contribution in [-0.2, 0) is 12.7 Å². The second-order valence-electron chi connectivity index (χ2n) is 5.20. The molecule has 0 aliphatic rings. The molecule has 0 aliphatic heterocycles. The third-order valence-corrected chi connectivity index (χ3v) is 3.61. The molecular weight excluding hydrogens is 369 g/mol. The number of anilines is 3. The lowest BCUT2D eigenvalue weighted by atomic mass is 10.2. The van der Waals surface area contributed by atoms with E-state index < -0.39 is 11.7 Å². The maximum Gasteiger partial charge on any atom is 0.417 e. The molecule has 0 saturated heterocycles. The Balaban J connectivity index is 1.73. The second-order valence-corrected chi connectivity index (χ2v) is 5.60. The Hall–Kier alpha value is -2.94. The topological polar surface area (TPSA) is 75.6 Å². The molecule has 10 heteroatoms. The molecule has 3 rings (SSSR count). The lowest BCUT2D eigenvalue weighted by molar-refractivity contribution is -0.137. The summed E-state index contributed by atoms with van der Waals surface area (Å²) >= 11 is 5.61. The fourth-order valence-corrected chi connectivity index (χ4v) is 2.32. The number of benzene rings is 1. The van der Waals surface area contributed by atoms with Gasteiger partial charge in [-0.15, -0.1) is 5.10 Å². The third kappa shape index (κ3) is 4.57. The van der Waals surface area contributed by atoms with Crippen molar-refractivity contribution in [3.63, 3.8) is 0 Å². The van der Waals surface area contributed by atoms with Crippen LogP contribution in [-0.4, -0.2) is 20.2 Å². The number of rotatable bonds is 5. The molecule has 0 saturated carbocycles. The van der Waals surface area contributed by atoms with Crippen LogP contribution in [0.3, 0.4) is 0 Å². The molecule has 0 atom stereocenters. The van der Waals surface area contributed by atoms with E-state index in [0.29, 0.717) is 6.54 Å². The molecule has 0 bridgehead atoms. The Bertz CT molecular complexity index is 889. The van der Waals surface area contributed by atoms with E-state index in [1.807, 2.05) is 6.07 Å². The maximum atomic E-state index is 12.9. The third-order valence-electron chi connectivity index (χ3n) is 3.28. The van der Waals surface area contributed by atoms with Gasteiger partial charge in [-0.05, 0) is 29.8 Å². The highest BCUT2D eigenvalue weighted by molar-refractivity contribution is 6.31. The lowest BCUT2D eigenvalue weighted by Crippen LogP contribution is -2.08. The number of aromatic nitrogens is 4. The molecule has 0 radical (unpaired) electrons. The number of nitrogens with one attached hydrogen (secondary N) is 2. The van der Waals surface area contributed by atoms with Gasteiger partial charge < -0.3 is 10.6 Å². The van der Waals surface area contributed by atoms with Gasteiger partial charge in [0, 0.05) is 24.6 Å². The highest BCUT2D eigenvalue weighted by atomic mass is 35.5. The maximum absolute atomic E-state index is 12.9. The number of pyridine rings is 1. The first kappa shape index (κ1) is 17.9. The lowest BCUT2D eigenvalue weighted by Gasteiger charge is -2.12. The Kier molecular flexibility index (Phi) is 5.17. The van der Waals surface area contributed by atoms with Crippen LogP contribution in [0.4, 0.5) is 30.6 Å². The number of hydrogen-bond acceptors (Lipinski definition) is 6. The average Bonchev–Trinajstić information content (AvgIpc) is 2.62. The molecule has 3 aromatic rings. The zero-order chi connectivity index (χ0) is 18.6. The normalized spacial score (nSPS) is 11.2. The monoisotopic (exact) mass is 380 g/mol. The van der Waals surface area contributed by atoms with Crippen LogP contribution in [0.5, 0.6) is 0 Å². The summed E-state index contributed by atoms with van der Waals surface area (Å²) in [6.45, 7) is 0.429. The number of alkyl halides is 3. The van der Waals surface area contributed by atoms with E-state index in [1.165, 1.54) is 18.3 Å². The molecule has 0 spiro atoms. The van der Waals surface area contributed by atoms with Gasteiger partial charge in [0.1, 0.15) is 0 Å². The van der Waals surface area contributed by atoms with Crippen LogP contribution in [0.1, 0.15) is 11.1 Å². The molecule has 134 valence electrons. The van der Waals surface area contributed by atoms with Gasteiger partial charge >= 0.3 is 6.18 Å². The minimum Gasteiger partial charge on any atom is -0.349 e. The van der Waals surface area contributed by atoms with Crippen LogP contribution in [0.15, 0.2) is 48.9 Å². The van der Waals surface area contributed by atoms with Crippen molar-refractivity contribution in [2.45, 2.75) is 12.7 Å². The van der Waals surface area contributed by atoms with Crippen molar-refractivity contribution in [2.24, 2.45) is 0 Å². The standard InChI is InChI=1S/C16H12ClF3N6/c17-13-4-3-11(6-12(13)16(18,19)20)24-14-9-23-26-15(25-14)22-8-10-2-1-5-21-7-10/h1-7,9H,8H2,(H2,22,24,25,26). The Morgan fingerprint density at radius 1 is 1.12 bits per heavy atom. The van der Waals surface area contributed by atoms with Crippen LogP contribution in [0.2, 0.25) is 5.02 Å². The first-order chi connectivity index (χ1) is 12.4. The number of nitrogens with zero attached hydrogens (tertiary/aromatic N) is 4. The van der Waals surface area contributed by atoms with Gasteiger partial charge in [-0.2, -0.15) is 23.3 Å². The molecular formula is C16H12ClF3N6. The van der Waals surface area contributed by atoms with E-state index in [2.05, 4.69) is 30.8 Å². The molecule has 1 aromatic carbocycles. The Labute approximate surface area is 151 Å². The minimum atomic E-state index is -4.55. The first-order valence-corrected chi connectivity index (χ1v) is 7.76. The highest BCUT2D eigenvalue weighted by Gasteiger charge is 2.33. The van der Waals surface area contributed by atoms with Gasteiger partial charge in [0.25, 0.3) is 0 Å². The van der Waals surface area contributed by atoms with Crippen LogP contribution < -0.4 is 10.6 Å². The smallest absolute Gasteiger partial charge is 0.349 e. The number of hydrogen-bond donors (Lipinski definition) is 2. The first-order valence-electron chi connectivity index (χ1n) is 7.38. The molecule has 6 nitrogen and oxygen atoms in total. The van der Waals surface area contributed by atoms with E-state index in [-0.39, 0.29) is 22.5 Å². The molecule has 2 heterocycles. The molecule has 0 amide bonds. The van der Waals surface area contributed by atoms with Gasteiger partial charge in [-0.1, -0.05) is 17.7 Å². The van der Waals surface area contributed by atoms with Crippen molar-refractivity contribution in [1.82, 2.24) is 20.2 Å². The van der Waals surface area contributed by atoms with Crippen LogP contribution in [0, 0.1) is 0 Å². The highest BCUT2D eigenvalue weighted by Crippen LogP contribution is 2.36. The van der Waals surface area contributed by atoms with E-state index in [9.17, 15) is 13.2 Å². The van der Waals surface area contributed by atoms with Gasteiger partial charge in [-0.3, -0.25) is 4.98 Å². The van der Waals surface area contributed by atoms with Crippen molar-refractivity contribution in [2.75, 3.05) is 10.6 Å². The largest absolute Gasteiger partial charge is 0.417 e. The summed E-state index contributed by atoms with van der Waals surface area (Å²) < 4.78 is 38.8. The molecule has 0 fully saturated rings. The van der Waals surface area contributed by atoms with Crippen molar-refractivity contribution in [3.8, 4) is 0 Å². The van der Waals surface area contributed by atoms with E-state index in [4.69, 9.17) is 11.6 Å². The summed E-state index contributed by atoms with van der Waals surface area (Å²) in [5.41, 5.74) is 0.170. The minimum absolute atomic E-state index is 0.181. The van der Waals surface area contributed by atoms with Crippen LogP contribution >= 0.6 is 11.6 Å². The van der Waals surface area contributed by atoms with Gasteiger partial charge in [0.15, 0.2) is 5.82 Å². The van der Waals surface area contributed by atoms with Gasteiger partial charge in [0.2, 0.25) is 5.95 Å². The fourth-order valence-electron chi connectivity index (χ4n) is 2.09. The van der Waals surface area contributed by atoms with Gasteiger partial charge in [0.05, 0.1) is 16.8 Å². The summed E-state index contributed by atoms with van der Waals surface area (Å²) in [5, 5.41) is 13.0. The average molecular weight is 381 g/mol. The predicted octanol–water partition coefficient (Wildman–Crippen LogP) is 4.29. The summed E-state index contributed by atoms with van der Waals surface area (Å²) in [7, 11) is 0. The number of halogens is 4. The SMILES string of the molecule is FC(F)(F)c1cc(Nc2cnnc(NCc3cccnc3)n2)ccc1Cl. The molecule has 0 unspecified atom stereocenters. The molecule has 0 aliphatic carbocycles. The summed E-state index contributed by atoms with van der Waals surface area (Å²) in [6.07, 6.45) is 0.106. The van der Waals surface area contributed by atoms with Crippen molar-refractivity contribution < 1.29 is 13.2 Å². The van der Waals surface area contributed by atoms with Gasteiger partial charge in [-0.25, -0.2) is 0 Å². The Morgan fingerprint density at radius 3 is 2.69 bits per heavy atom. The van der Waals surface area contributed by atoms with E-state index in [0.717, 1.165) is 11.6 Å². The quantitative estimate of drug-likeness (QED) is 0.687. The van der Waals surface area contributed by atoms with Crippen molar-refractivity contribution >= 4 is 29.1 Å². The summed E-state index contributed by atoms with van der Waals surface area (Å²) in [5.74, 6) is 0.466. The zero-order valence-corrected chi connectivity index (χ0v) is 13.9. The molecule has 26 heavy (non-hydrogen) atoms. The van der Waals surface area contributed by atoms with Crippen molar-refractivity contribution in [3.05, 3.63) is 65.1 Å². The zero-order valence-electron chi connectivity index (χ0n) is 13.1. The summed E-state index contributed by atoms with van der Waals surface area (Å²) in [6, 6.07) is 7.17. The Morgan fingerprint density at radius 2 is 1.96 bits per heavy atom. The fraction of sp³-hybridized carbons (Fsp3) is 0.125. The molecule has 2 aromatic heterocycles. The molecule has 2 N–H and O–H groups in total.